The standard InChI is InChI=1S/C46H82N18O12/c47-15-3-1-9-28(52)39(69)62-38(35(67)22-51)43(73)63-37(34(66)21-50)42(72)57-24-36(68)59-30(11-5-17-49)44(74)64-19-7-12-32(64)41(71)61-31(20-27-23-55-25-58-27)40(70)60-29(10-2-4-16-48)33(65)14-13-26(45(75)76)8-6-18-56-46(53)54/h8,23,25,28-32,34-35,37-38,66-67H,1-7,9-22,24,47-52H2,(H,55,58)(H,57,72)(H,59,68)(H,60,70)(H,61,71)(H,62,69)(H,63,73)(H,75,76)(H4,53,54,56)/b26-8+/t28-,29-,30+,31-,32-,34-,35-,37-,38-/m0/s1. The molecule has 30 heteroatoms. The van der Waals surface area contributed by atoms with Crippen LogP contribution in [0.15, 0.2) is 29.2 Å². The van der Waals surface area contributed by atoms with Crippen molar-refractivity contribution in [3.63, 3.8) is 0 Å². The number of imidazole rings is 1. The largest absolute Gasteiger partial charge is 0.478 e. The predicted octanol–water partition coefficient (Wildman–Crippen LogP) is -7.53. The topological polar surface area (TPSA) is 539 Å². The van der Waals surface area contributed by atoms with Crippen molar-refractivity contribution in [2.75, 3.05) is 52.4 Å². The Morgan fingerprint density at radius 1 is 0.750 bits per heavy atom. The highest BCUT2D eigenvalue weighted by Crippen LogP contribution is 2.21. The summed E-state index contributed by atoms with van der Waals surface area (Å²) in [5, 5.41) is 45.7. The number of hydrogen-bond donors (Lipinski definition) is 18. The summed E-state index contributed by atoms with van der Waals surface area (Å²) in [5.41, 5.74) is 45.2. The lowest BCUT2D eigenvalue weighted by molar-refractivity contribution is -0.142. The molecule has 9 atom stereocenters. The monoisotopic (exact) mass is 1080 g/mol. The first kappa shape index (κ1) is 65.4. The van der Waals surface area contributed by atoms with Crippen molar-refractivity contribution in [1.29, 1.82) is 0 Å². The second-order valence-electron chi connectivity index (χ2n) is 18.2. The number of hydrogen-bond acceptors (Lipinski definition) is 19. The molecule has 1 aromatic heterocycles. The fraction of sp³-hybridized carbons (Fsp3) is 0.674. The van der Waals surface area contributed by atoms with Crippen molar-refractivity contribution in [1.82, 2.24) is 46.8 Å². The molecular weight excluding hydrogens is 997 g/mol. The fourth-order valence-electron chi connectivity index (χ4n) is 8.03. The predicted molar refractivity (Wildman–Crippen MR) is 277 cm³/mol. The molecule has 1 aromatic rings. The molecule has 1 saturated heterocycles. The zero-order valence-electron chi connectivity index (χ0n) is 43.0. The molecule has 0 radical (unpaired) electrons. The lowest BCUT2D eigenvalue weighted by atomic mass is 9.98. The number of carboxylic acids is 1. The van der Waals surface area contributed by atoms with Crippen LogP contribution in [0, 0.1) is 0 Å². The third-order valence-electron chi connectivity index (χ3n) is 12.3. The molecular formula is C46H82N18O12. The van der Waals surface area contributed by atoms with Crippen LogP contribution in [-0.2, 0) is 49.6 Å². The molecule has 76 heavy (non-hydrogen) atoms. The summed E-state index contributed by atoms with van der Waals surface area (Å²) in [7, 11) is 0. The van der Waals surface area contributed by atoms with E-state index in [0.29, 0.717) is 50.9 Å². The molecule has 0 bridgehead atoms. The Kier molecular flexibility index (Phi) is 30.6. The second-order valence-corrected chi connectivity index (χ2v) is 18.2. The smallest absolute Gasteiger partial charge is 0.331 e. The van der Waals surface area contributed by atoms with Gasteiger partial charge < -0.3 is 103 Å². The molecule has 1 aliphatic heterocycles. The quantitative estimate of drug-likeness (QED) is 0.0127. The van der Waals surface area contributed by atoms with Gasteiger partial charge in [-0.25, -0.2) is 9.78 Å². The van der Waals surface area contributed by atoms with Crippen molar-refractivity contribution in [3.8, 4) is 0 Å². The van der Waals surface area contributed by atoms with Gasteiger partial charge in [-0.1, -0.05) is 12.5 Å². The van der Waals surface area contributed by atoms with Gasteiger partial charge in [0.05, 0.1) is 37.2 Å². The summed E-state index contributed by atoms with van der Waals surface area (Å²) >= 11 is 0. The number of ketones is 1. The van der Waals surface area contributed by atoms with Crippen LogP contribution in [0.4, 0.5) is 0 Å². The highest BCUT2D eigenvalue weighted by molar-refractivity contribution is 5.98. The van der Waals surface area contributed by atoms with Crippen LogP contribution in [0.5, 0.6) is 0 Å². The van der Waals surface area contributed by atoms with E-state index in [1.807, 2.05) is 0 Å². The number of carboxylic acid groups (broad SMARTS) is 1. The van der Waals surface area contributed by atoms with Crippen LogP contribution in [0.3, 0.4) is 0 Å². The van der Waals surface area contributed by atoms with Gasteiger partial charge in [-0.2, -0.15) is 0 Å². The van der Waals surface area contributed by atoms with Gasteiger partial charge >= 0.3 is 5.97 Å². The van der Waals surface area contributed by atoms with E-state index in [9.17, 15) is 58.5 Å². The Labute approximate surface area is 440 Å². The van der Waals surface area contributed by atoms with E-state index < -0.39 is 127 Å². The van der Waals surface area contributed by atoms with E-state index in [4.69, 9.17) is 45.9 Å². The molecule has 0 spiro atoms. The number of aliphatic hydroxyl groups is 2. The number of aliphatic hydroxyl groups excluding tert-OH is 2. The van der Waals surface area contributed by atoms with Gasteiger partial charge in [0.1, 0.15) is 30.2 Å². The van der Waals surface area contributed by atoms with Crippen LogP contribution < -0.4 is 77.8 Å². The number of H-pyrrole nitrogens is 1. The SMILES string of the molecule is NCCCC[C@H](NC(=O)[C@H](Cc1cnc[nH]1)NC(=O)[C@@H]1CCCN1C(=O)[C@@H](CCCN)NC(=O)CNC(=O)[C@@H](NC(=O)[C@@H](NC(=O)[C@@H](N)CCCCN)[C@@H](O)CN)[C@@H](O)CN)C(=O)CC/C(=C\CCN=C(N)N)C(=O)O. The third-order valence-corrected chi connectivity index (χ3v) is 12.3. The Morgan fingerprint density at radius 3 is 1.96 bits per heavy atom. The number of carbonyl (C=O) groups excluding carboxylic acids is 8. The minimum atomic E-state index is -1.82. The molecule has 2 heterocycles. The molecule has 7 amide bonds. The second kappa shape index (κ2) is 35.6. The van der Waals surface area contributed by atoms with Gasteiger partial charge in [-0.15, -0.1) is 0 Å². The number of aromatic nitrogens is 2. The van der Waals surface area contributed by atoms with Crippen molar-refractivity contribution in [2.24, 2.45) is 50.9 Å². The average Bonchev–Trinajstić information content (AvgIpc) is 4.11. The number of likely N-dealkylation sites (tertiary alicyclic amines) is 1. The first-order chi connectivity index (χ1) is 36.2. The Bertz CT molecular complexity index is 2090. The number of nitrogens with zero attached hydrogens (tertiary/aromatic N) is 3. The van der Waals surface area contributed by atoms with Crippen LogP contribution in [0.2, 0.25) is 0 Å². The summed E-state index contributed by atoms with van der Waals surface area (Å²) < 4.78 is 0. The summed E-state index contributed by atoms with van der Waals surface area (Å²) in [6.45, 7) is -0.853. The van der Waals surface area contributed by atoms with E-state index in [0.717, 1.165) is 0 Å². The third kappa shape index (κ3) is 23.1. The number of amides is 7. The number of unbranched alkanes of at least 4 members (excludes halogenated alkanes) is 2. The maximum atomic E-state index is 14.2. The van der Waals surface area contributed by atoms with E-state index in [2.05, 4.69) is 46.9 Å². The van der Waals surface area contributed by atoms with Crippen molar-refractivity contribution < 1.29 is 58.5 Å². The fourth-order valence-corrected chi connectivity index (χ4v) is 8.03. The first-order valence-electron chi connectivity index (χ1n) is 25.4. The minimum Gasteiger partial charge on any atom is -0.478 e. The Hall–Kier alpha value is -6.67. The van der Waals surface area contributed by atoms with Crippen LogP contribution in [0.25, 0.3) is 0 Å². The highest BCUT2D eigenvalue weighted by Gasteiger charge is 2.40. The Balaban J connectivity index is 2.25. The summed E-state index contributed by atoms with van der Waals surface area (Å²) in [4.78, 5) is 133. The zero-order valence-corrected chi connectivity index (χ0v) is 43.0. The maximum Gasteiger partial charge on any atom is 0.331 e. The Morgan fingerprint density at radius 2 is 1.37 bits per heavy atom. The van der Waals surface area contributed by atoms with Gasteiger partial charge in [0, 0.05) is 56.5 Å². The van der Waals surface area contributed by atoms with E-state index in [-0.39, 0.29) is 89.0 Å². The first-order valence-corrected chi connectivity index (χ1v) is 25.4. The van der Waals surface area contributed by atoms with Crippen LogP contribution >= 0.6 is 0 Å². The lowest BCUT2D eigenvalue weighted by Crippen LogP contribution is -2.63. The number of rotatable bonds is 38. The van der Waals surface area contributed by atoms with E-state index in [1.54, 1.807) is 0 Å². The average molecular weight is 1080 g/mol. The highest BCUT2D eigenvalue weighted by atomic mass is 16.4. The number of aliphatic carboxylic acids is 1. The summed E-state index contributed by atoms with van der Waals surface area (Å²) in [6.07, 6.45) is 3.71. The number of nitrogens with one attached hydrogen (secondary N) is 7. The molecule has 30 nitrogen and oxygen atoms in total. The number of aromatic amines is 1. The number of carbonyl (C=O) groups is 9. The molecule has 1 fully saturated rings. The number of Topliss-reactive ketones (excluding diaryl/α,β-unsaturated/α-hetero) is 1. The zero-order chi connectivity index (χ0) is 56.7. The maximum absolute atomic E-state index is 14.2. The van der Waals surface area contributed by atoms with Gasteiger partial charge in [0.25, 0.3) is 0 Å². The van der Waals surface area contributed by atoms with Crippen LogP contribution in [0.1, 0.15) is 89.2 Å². The van der Waals surface area contributed by atoms with Crippen molar-refractivity contribution in [2.45, 2.75) is 144 Å². The molecule has 1 aliphatic rings. The molecule has 0 aromatic carbocycles. The molecule has 0 unspecified atom stereocenters. The summed E-state index contributed by atoms with van der Waals surface area (Å²) in [6, 6.07) is -9.41. The molecule has 0 saturated carbocycles. The molecule has 26 N–H and O–H groups in total. The number of guanidine groups is 1. The summed E-state index contributed by atoms with van der Waals surface area (Å²) in [5.74, 6) is -7.94. The van der Waals surface area contributed by atoms with Gasteiger partial charge in [0.2, 0.25) is 41.4 Å². The lowest BCUT2D eigenvalue weighted by Gasteiger charge is -2.30. The molecule has 2 rings (SSSR count). The van der Waals surface area contributed by atoms with Crippen LogP contribution in [-0.4, -0.2) is 196 Å². The minimum absolute atomic E-state index is 0.00379. The van der Waals surface area contributed by atoms with Gasteiger partial charge in [0.15, 0.2) is 11.7 Å². The number of nitrogens with two attached hydrogens (primary N) is 8. The van der Waals surface area contributed by atoms with Crippen molar-refractivity contribution >= 4 is 59.1 Å². The van der Waals surface area contributed by atoms with Gasteiger partial charge in [-0.3, -0.25) is 43.3 Å². The van der Waals surface area contributed by atoms with E-state index in [1.165, 1.54) is 23.5 Å². The number of aliphatic imine (C=N–C) groups is 1. The molecule has 428 valence electrons. The molecule has 0 aliphatic carbocycles. The van der Waals surface area contributed by atoms with E-state index >= 15 is 0 Å². The normalized spacial score (nSPS) is 16.6. The van der Waals surface area contributed by atoms with Crippen molar-refractivity contribution in [3.05, 3.63) is 29.9 Å². The van der Waals surface area contributed by atoms with Gasteiger partial charge in [-0.05, 0) is 90.3 Å².